The SMILES string of the molecule is COCCOc1ccccc1CNCC1CNCC1O.Cl. The Kier molecular flexibility index (Phi) is 8.64. The van der Waals surface area contributed by atoms with Crippen LogP contribution in [0.4, 0.5) is 0 Å². The van der Waals surface area contributed by atoms with Gasteiger partial charge < -0.3 is 25.2 Å². The van der Waals surface area contributed by atoms with Crippen molar-refractivity contribution in [2.24, 2.45) is 5.92 Å². The van der Waals surface area contributed by atoms with E-state index >= 15 is 0 Å². The van der Waals surface area contributed by atoms with Crippen LogP contribution in [0, 0.1) is 5.92 Å². The summed E-state index contributed by atoms with van der Waals surface area (Å²) in [6.45, 7) is 4.26. The molecule has 0 spiro atoms. The van der Waals surface area contributed by atoms with E-state index in [9.17, 15) is 5.11 Å². The van der Waals surface area contributed by atoms with Gasteiger partial charge in [0.2, 0.25) is 0 Å². The summed E-state index contributed by atoms with van der Waals surface area (Å²) in [7, 11) is 1.66. The van der Waals surface area contributed by atoms with E-state index in [4.69, 9.17) is 9.47 Å². The molecule has 120 valence electrons. The smallest absolute Gasteiger partial charge is 0.123 e. The maximum Gasteiger partial charge on any atom is 0.123 e. The maximum absolute atomic E-state index is 9.74. The number of hydrogen-bond donors (Lipinski definition) is 3. The van der Waals surface area contributed by atoms with Gasteiger partial charge >= 0.3 is 0 Å². The molecule has 0 saturated carbocycles. The largest absolute Gasteiger partial charge is 0.491 e. The van der Waals surface area contributed by atoms with Gasteiger partial charge in [-0.05, 0) is 6.07 Å². The molecule has 1 aromatic rings. The van der Waals surface area contributed by atoms with Gasteiger partial charge in [0, 0.05) is 44.8 Å². The number of methoxy groups -OCH3 is 1. The van der Waals surface area contributed by atoms with E-state index in [1.54, 1.807) is 7.11 Å². The van der Waals surface area contributed by atoms with E-state index in [0.29, 0.717) is 19.8 Å². The molecule has 0 aromatic heterocycles. The van der Waals surface area contributed by atoms with Gasteiger partial charge in [0.15, 0.2) is 0 Å². The molecule has 1 heterocycles. The number of aliphatic hydroxyl groups excluding tert-OH is 1. The first-order chi connectivity index (χ1) is 9.81. The van der Waals surface area contributed by atoms with Crippen LogP contribution in [0.1, 0.15) is 5.56 Å². The van der Waals surface area contributed by atoms with E-state index in [2.05, 4.69) is 16.7 Å². The highest BCUT2D eigenvalue weighted by molar-refractivity contribution is 5.85. The summed E-state index contributed by atoms with van der Waals surface area (Å²) < 4.78 is 10.7. The van der Waals surface area contributed by atoms with Crippen molar-refractivity contribution >= 4 is 12.4 Å². The number of hydrogen-bond acceptors (Lipinski definition) is 5. The predicted molar refractivity (Wildman–Crippen MR) is 85.1 cm³/mol. The fourth-order valence-electron chi connectivity index (χ4n) is 2.35. The van der Waals surface area contributed by atoms with Crippen molar-refractivity contribution in [3.05, 3.63) is 29.8 Å². The molecule has 3 N–H and O–H groups in total. The number of para-hydroxylation sites is 1. The Morgan fingerprint density at radius 2 is 2.10 bits per heavy atom. The highest BCUT2D eigenvalue weighted by Crippen LogP contribution is 2.18. The van der Waals surface area contributed by atoms with Gasteiger partial charge in [-0.3, -0.25) is 0 Å². The van der Waals surface area contributed by atoms with Crippen molar-refractivity contribution in [1.82, 2.24) is 10.6 Å². The number of rotatable bonds is 8. The average Bonchev–Trinajstić information content (AvgIpc) is 2.86. The predicted octanol–water partition coefficient (Wildman–Crippen LogP) is 0.804. The summed E-state index contributed by atoms with van der Waals surface area (Å²) in [6.07, 6.45) is -0.240. The molecule has 1 aromatic carbocycles. The first-order valence-electron chi connectivity index (χ1n) is 7.10. The summed E-state index contributed by atoms with van der Waals surface area (Å²) in [4.78, 5) is 0. The zero-order chi connectivity index (χ0) is 14.2. The highest BCUT2D eigenvalue weighted by Gasteiger charge is 2.24. The monoisotopic (exact) mass is 316 g/mol. The Labute approximate surface area is 132 Å². The van der Waals surface area contributed by atoms with E-state index in [1.165, 1.54) is 0 Å². The number of benzene rings is 1. The number of ether oxygens (including phenoxy) is 2. The quantitative estimate of drug-likeness (QED) is 0.619. The first-order valence-corrected chi connectivity index (χ1v) is 7.10. The Bertz CT molecular complexity index is 406. The molecular weight excluding hydrogens is 292 g/mol. The molecule has 0 amide bonds. The van der Waals surface area contributed by atoms with E-state index < -0.39 is 0 Å². The summed E-state index contributed by atoms with van der Waals surface area (Å²) in [6, 6.07) is 8.00. The lowest BCUT2D eigenvalue weighted by molar-refractivity contribution is 0.144. The van der Waals surface area contributed by atoms with Crippen LogP contribution in [-0.2, 0) is 11.3 Å². The van der Waals surface area contributed by atoms with Crippen LogP contribution < -0.4 is 15.4 Å². The molecule has 2 atom stereocenters. The number of nitrogens with one attached hydrogen (secondary N) is 2. The Morgan fingerprint density at radius 1 is 1.29 bits per heavy atom. The zero-order valence-electron chi connectivity index (χ0n) is 12.4. The molecule has 0 aliphatic carbocycles. The van der Waals surface area contributed by atoms with Crippen LogP contribution in [0.25, 0.3) is 0 Å². The lowest BCUT2D eigenvalue weighted by atomic mass is 10.1. The van der Waals surface area contributed by atoms with E-state index in [1.807, 2.05) is 18.2 Å². The second-order valence-electron chi connectivity index (χ2n) is 5.07. The Balaban J connectivity index is 0.00000220. The molecule has 21 heavy (non-hydrogen) atoms. The van der Waals surface area contributed by atoms with Crippen molar-refractivity contribution < 1.29 is 14.6 Å². The molecule has 1 aliphatic rings. The Hall–Kier alpha value is -0.850. The van der Waals surface area contributed by atoms with Crippen LogP contribution in [0.5, 0.6) is 5.75 Å². The minimum Gasteiger partial charge on any atom is -0.491 e. The molecular formula is C15H25ClN2O3. The summed E-state index contributed by atoms with van der Waals surface area (Å²) in [5, 5.41) is 16.3. The Morgan fingerprint density at radius 3 is 2.81 bits per heavy atom. The van der Waals surface area contributed by atoms with Crippen molar-refractivity contribution in [3.8, 4) is 5.75 Å². The number of halogens is 1. The standard InChI is InChI=1S/C15H24N2O3.ClH/c1-19-6-7-20-15-5-3-2-4-12(15)8-16-9-13-10-17-11-14(13)18;/h2-5,13-14,16-18H,6-11H2,1H3;1H. The number of aliphatic hydroxyl groups is 1. The lowest BCUT2D eigenvalue weighted by Crippen LogP contribution is -2.30. The van der Waals surface area contributed by atoms with Crippen LogP contribution in [0.2, 0.25) is 0 Å². The van der Waals surface area contributed by atoms with Gasteiger partial charge in [0.1, 0.15) is 12.4 Å². The topological polar surface area (TPSA) is 62.8 Å². The molecule has 1 saturated heterocycles. The van der Waals surface area contributed by atoms with Crippen LogP contribution in [0.3, 0.4) is 0 Å². The minimum atomic E-state index is -0.240. The average molecular weight is 317 g/mol. The number of β-amino-alcohol motifs (C(OH)–C–C–N with tert-alkyl or cyclic N) is 1. The summed E-state index contributed by atoms with van der Waals surface area (Å²) in [5.41, 5.74) is 1.13. The van der Waals surface area contributed by atoms with E-state index in [0.717, 1.165) is 30.9 Å². The molecule has 5 nitrogen and oxygen atoms in total. The van der Waals surface area contributed by atoms with Crippen molar-refractivity contribution in [3.63, 3.8) is 0 Å². The van der Waals surface area contributed by atoms with Crippen molar-refractivity contribution in [1.29, 1.82) is 0 Å². The highest BCUT2D eigenvalue weighted by atomic mass is 35.5. The molecule has 0 radical (unpaired) electrons. The molecule has 0 bridgehead atoms. The van der Waals surface area contributed by atoms with Gasteiger partial charge in [0.05, 0.1) is 12.7 Å². The third-order valence-electron chi connectivity index (χ3n) is 3.54. The van der Waals surface area contributed by atoms with Crippen LogP contribution in [-0.4, -0.2) is 51.2 Å². The minimum absolute atomic E-state index is 0. The van der Waals surface area contributed by atoms with Crippen LogP contribution >= 0.6 is 12.4 Å². The molecule has 6 heteroatoms. The van der Waals surface area contributed by atoms with Crippen molar-refractivity contribution in [2.45, 2.75) is 12.6 Å². The third-order valence-corrected chi connectivity index (χ3v) is 3.54. The van der Waals surface area contributed by atoms with Crippen molar-refractivity contribution in [2.75, 3.05) is 40.0 Å². The summed E-state index contributed by atoms with van der Waals surface area (Å²) in [5.74, 6) is 1.18. The second-order valence-corrected chi connectivity index (χ2v) is 5.07. The first kappa shape index (κ1) is 18.2. The van der Waals surface area contributed by atoms with Gasteiger partial charge in [-0.25, -0.2) is 0 Å². The normalized spacial score (nSPS) is 21.0. The maximum atomic E-state index is 9.74. The molecule has 1 aliphatic heterocycles. The fraction of sp³-hybridized carbons (Fsp3) is 0.600. The fourth-order valence-corrected chi connectivity index (χ4v) is 2.35. The lowest BCUT2D eigenvalue weighted by Gasteiger charge is -2.16. The summed E-state index contributed by atoms with van der Waals surface area (Å²) >= 11 is 0. The molecule has 2 unspecified atom stereocenters. The molecule has 2 rings (SSSR count). The van der Waals surface area contributed by atoms with Gasteiger partial charge in [-0.1, -0.05) is 18.2 Å². The van der Waals surface area contributed by atoms with E-state index in [-0.39, 0.29) is 24.4 Å². The second kappa shape index (κ2) is 9.97. The van der Waals surface area contributed by atoms with Gasteiger partial charge in [-0.2, -0.15) is 0 Å². The van der Waals surface area contributed by atoms with Crippen LogP contribution in [0.15, 0.2) is 24.3 Å². The van der Waals surface area contributed by atoms with Gasteiger partial charge in [0.25, 0.3) is 0 Å². The van der Waals surface area contributed by atoms with Gasteiger partial charge in [-0.15, -0.1) is 12.4 Å². The zero-order valence-corrected chi connectivity index (χ0v) is 13.2. The third kappa shape index (κ3) is 5.80. The molecule has 1 fully saturated rings.